The van der Waals surface area contributed by atoms with Gasteiger partial charge in [0.25, 0.3) is 0 Å². The van der Waals surface area contributed by atoms with Gasteiger partial charge >= 0.3 is 0 Å². The Kier molecular flexibility index (Phi) is 9.20. The Morgan fingerprint density at radius 1 is 0.912 bits per heavy atom. The third-order valence-corrected chi connectivity index (χ3v) is 8.84. The van der Waals surface area contributed by atoms with Crippen molar-refractivity contribution in [3.8, 4) is 0 Å². The molecule has 0 bridgehead atoms. The van der Waals surface area contributed by atoms with Gasteiger partial charge in [0, 0.05) is 5.39 Å². The maximum absolute atomic E-state index is 15.3. The molecule has 2 aliphatic carbocycles. The summed E-state index contributed by atoms with van der Waals surface area (Å²) in [6.07, 6.45) is 21.3. The lowest BCUT2D eigenvalue weighted by molar-refractivity contribution is 0.112. The van der Waals surface area contributed by atoms with Crippen LogP contribution in [-0.2, 0) is 6.42 Å². The maximum atomic E-state index is 15.3. The minimum Gasteiger partial charge on any atom is -0.207 e. The summed E-state index contributed by atoms with van der Waals surface area (Å²) in [7, 11) is 0. The third kappa shape index (κ3) is 6.10. The van der Waals surface area contributed by atoms with Gasteiger partial charge in [-0.3, -0.25) is 0 Å². The van der Waals surface area contributed by atoms with Crippen molar-refractivity contribution < 1.29 is 8.78 Å². The molecule has 4 atom stereocenters. The predicted octanol–water partition coefficient (Wildman–Crippen LogP) is 10.3. The van der Waals surface area contributed by atoms with Crippen molar-refractivity contribution in [1.82, 2.24) is 0 Å². The number of aryl methyl sites for hydroxylation is 1. The fourth-order valence-corrected chi connectivity index (χ4v) is 6.85. The predicted molar refractivity (Wildman–Crippen MR) is 141 cm³/mol. The SMILES string of the molecule is C/C=C/CCc1ccc2cc(C3CCC4CC(CCCCCCC)CCC4C3)c(F)cc2c1F. The number of rotatable bonds is 10. The van der Waals surface area contributed by atoms with Gasteiger partial charge in [-0.15, -0.1) is 0 Å². The van der Waals surface area contributed by atoms with Crippen LogP contribution in [0, 0.1) is 29.4 Å². The zero-order valence-electron chi connectivity index (χ0n) is 21.4. The summed E-state index contributed by atoms with van der Waals surface area (Å²) < 4.78 is 30.3. The second-order valence-corrected chi connectivity index (χ2v) is 11.2. The molecule has 0 nitrogen and oxygen atoms in total. The van der Waals surface area contributed by atoms with E-state index in [9.17, 15) is 0 Å². The molecule has 0 spiro atoms. The summed E-state index contributed by atoms with van der Waals surface area (Å²) in [6.45, 7) is 4.26. The van der Waals surface area contributed by atoms with E-state index < -0.39 is 0 Å². The Balaban J connectivity index is 1.38. The van der Waals surface area contributed by atoms with Crippen LogP contribution in [0.4, 0.5) is 8.78 Å². The molecule has 0 N–H and O–H groups in total. The van der Waals surface area contributed by atoms with Crippen LogP contribution in [0.15, 0.2) is 36.4 Å². The van der Waals surface area contributed by atoms with Crippen molar-refractivity contribution in [2.45, 2.75) is 110 Å². The molecule has 2 fully saturated rings. The number of hydrogen-bond donors (Lipinski definition) is 0. The molecule has 0 amide bonds. The highest BCUT2D eigenvalue weighted by Gasteiger charge is 2.36. The van der Waals surface area contributed by atoms with Crippen molar-refractivity contribution >= 4 is 10.8 Å². The average Bonchev–Trinajstić information content (AvgIpc) is 2.85. The van der Waals surface area contributed by atoms with Gasteiger partial charge in [-0.05, 0) is 104 Å². The maximum Gasteiger partial charge on any atom is 0.134 e. The molecule has 2 aromatic rings. The van der Waals surface area contributed by atoms with Crippen molar-refractivity contribution in [2.24, 2.45) is 17.8 Å². The zero-order chi connectivity index (χ0) is 23.9. The van der Waals surface area contributed by atoms with Gasteiger partial charge < -0.3 is 0 Å². The first-order chi connectivity index (χ1) is 16.6. The minimum absolute atomic E-state index is 0.207. The van der Waals surface area contributed by atoms with Gasteiger partial charge in [0.1, 0.15) is 11.6 Å². The molecule has 186 valence electrons. The van der Waals surface area contributed by atoms with Crippen LogP contribution < -0.4 is 0 Å². The van der Waals surface area contributed by atoms with E-state index in [1.54, 1.807) is 0 Å². The quantitative estimate of drug-likeness (QED) is 0.241. The summed E-state index contributed by atoms with van der Waals surface area (Å²) in [5.41, 5.74) is 1.51. The van der Waals surface area contributed by atoms with Crippen LogP contribution in [0.5, 0.6) is 0 Å². The lowest BCUT2D eigenvalue weighted by Crippen LogP contribution is -2.30. The number of hydrogen-bond acceptors (Lipinski definition) is 0. The van der Waals surface area contributed by atoms with Gasteiger partial charge in [-0.2, -0.15) is 0 Å². The molecule has 2 saturated carbocycles. The van der Waals surface area contributed by atoms with Crippen LogP contribution in [0.3, 0.4) is 0 Å². The van der Waals surface area contributed by atoms with Gasteiger partial charge in [-0.1, -0.05) is 76.2 Å². The topological polar surface area (TPSA) is 0 Å². The Labute approximate surface area is 206 Å². The van der Waals surface area contributed by atoms with E-state index in [2.05, 4.69) is 6.92 Å². The fraction of sp³-hybridized carbons (Fsp3) is 0.625. The van der Waals surface area contributed by atoms with Crippen LogP contribution in [0.25, 0.3) is 10.8 Å². The smallest absolute Gasteiger partial charge is 0.134 e. The van der Waals surface area contributed by atoms with Crippen molar-refractivity contribution in [2.75, 3.05) is 0 Å². The summed E-state index contributed by atoms with van der Waals surface area (Å²) in [4.78, 5) is 0. The number of allylic oxidation sites excluding steroid dienone is 2. The molecule has 0 saturated heterocycles. The van der Waals surface area contributed by atoms with Crippen LogP contribution in [-0.4, -0.2) is 0 Å². The van der Waals surface area contributed by atoms with E-state index in [0.717, 1.165) is 48.0 Å². The first-order valence-electron chi connectivity index (χ1n) is 14.1. The number of halogens is 2. The lowest BCUT2D eigenvalue weighted by Gasteiger charge is -2.42. The van der Waals surface area contributed by atoms with Crippen LogP contribution >= 0.6 is 0 Å². The second-order valence-electron chi connectivity index (χ2n) is 11.2. The van der Waals surface area contributed by atoms with Crippen LogP contribution in [0.1, 0.15) is 114 Å². The van der Waals surface area contributed by atoms with E-state index in [0.29, 0.717) is 17.4 Å². The molecule has 2 aliphatic rings. The Bertz CT molecular complexity index is 959. The van der Waals surface area contributed by atoms with Gasteiger partial charge in [0.05, 0.1) is 0 Å². The lowest BCUT2D eigenvalue weighted by atomic mass is 9.63. The largest absolute Gasteiger partial charge is 0.207 e. The van der Waals surface area contributed by atoms with Gasteiger partial charge in [-0.25, -0.2) is 8.78 Å². The normalized spacial score (nSPS) is 25.2. The van der Waals surface area contributed by atoms with Gasteiger partial charge in [0.2, 0.25) is 0 Å². The summed E-state index contributed by atoms with van der Waals surface area (Å²) in [5, 5.41) is 1.28. The highest BCUT2D eigenvalue weighted by Crippen LogP contribution is 2.49. The Morgan fingerprint density at radius 2 is 1.71 bits per heavy atom. The molecule has 0 aromatic heterocycles. The van der Waals surface area contributed by atoms with E-state index in [-0.39, 0.29) is 17.6 Å². The molecule has 4 unspecified atom stereocenters. The fourth-order valence-electron chi connectivity index (χ4n) is 6.85. The number of unbranched alkanes of at least 4 members (excludes halogenated alkanes) is 4. The van der Waals surface area contributed by atoms with Crippen LogP contribution in [0.2, 0.25) is 0 Å². The molecule has 2 heteroatoms. The molecule has 34 heavy (non-hydrogen) atoms. The molecule has 0 radical (unpaired) electrons. The van der Waals surface area contributed by atoms with Gasteiger partial charge in [0.15, 0.2) is 0 Å². The Hall–Kier alpha value is -1.70. The summed E-state index contributed by atoms with van der Waals surface area (Å²) in [6, 6.07) is 7.31. The van der Waals surface area contributed by atoms with E-state index in [1.807, 2.05) is 37.3 Å². The second kappa shape index (κ2) is 12.3. The van der Waals surface area contributed by atoms with E-state index in [1.165, 1.54) is 70.3 Å². The van der Waals surface area contributed by atoms with Crippen molar-refractivity contribution in [1.29, 1.82) is 0 Å². The third-order valence-electron chi connectivity index (χ3n) is 8.84. The minimum atomic E-state index is -0.246. The molecule has 2 aromatic carbocycles. The summed E-state index contributed by atoms with van der Waals surface area (Å²) in [5.74, 6) is 2.34. The Morgan fingerprint density at radius 3 is 2.53 bits per heavy atom. The molecule has 0 aliphatic heterocycles. The molecular formula is C32H44F2. The number of fused-ring (bicyclic) bond motifs is 2. The monoisotopic (exact) mass is 466 g/mol. The molecule has 0 heterocycles. The van der Waals surface area contributed by atoms with Crippen molar-refractivity contribution in [3.63, 3.8) is 0 Å². The average molecular weight is 467 g/mol. The first-order valence-corrected chi connectivity index (χ1v) is 14.1. The van der Waals surface area contributed by atoms with Crippen molar-refractivity contribution in [3.05, 3.63) is 59.2 Å². The zero-order valence-corrected chi connectivity index (χ0v) is 21.4. The first kappa shape index (κ1) is 25.4. The molecule has 4 rings (SSSR count). The summed E-state index contributed by atoms with van der Waals surface area (Å²) >= 11 is 0. The highest BCUT2D eigenvalue weighted by atomic mass is 19.1. The highest BCUT2D eigenvalue weighted by molar-refractivity contribution is 5.85. The van der Waals surface area contributed by atoms with E-state index in [4.69, 9.17) is 0 Å². The van der Waals surface area contributed by atoms with E-state index >= 15 is 8.78 Å². The standard InChI is InChI=1S/C32H44F2/c1-3-5-7-8-10-11-23-13-14-26-20-27(18-16-25(26)19-23)29-21-28-17-15-24(12-9-6-4-2)32(34)30(28)22-31(29)33/h4,6,15,17,21-23,25-27H,3,5,7-14,16,18-20H2,1-2H3/b6-4+. The molecular weight excluding hydrogens is 422 g/mol. The number of benzene rings is 2.